The van der Waals surface area contributed by atoms with E-state index in [1.54, 1.807) is 62.4 Å². The number of furan rings is 1. The molecule has 11 heteroatoms. The molecule has 3 heterocycles. The minimum Gasteiger partial charge on any atom is -0.545 e. The Morgan fingerprint density at radius 1 is 1.10 bits per heavy atom. The van der Waals surface area contributed by atoms with Gasteiger partial charge in [0.15, 0.2) is 4.80 Å². The number of aromatic nitrogens is 1. The Bertz CT molecular complexity index is 1860. The normalized spacial score (nSPS) is 14.8. The van der Waals surface area contributed by atoms with Gasteiger partial charge in [-0.05, 0) is 43.7 Å². The summed E-state index contributed by atoms with van der Waals surface area (Å²) in [5, 5.41) is 11.0. The molecule has 0 aliphatic carbocycles. The summed E-state index contributed by atoms with van der Waals surface area (Å²) >= 11 is 1.16. The fourth-order valence-corrected chi connectivity index (χ4v) is 5.64. The monoisotopic (exact) mass is 573 g/mol. The highest BCUT2D eigenvalue weighted by molar-refractivity contribution is 7.07. The van der Waals surface area contributed by atoms with Gasteiger partial charge in [0.05, 0.1) is 42.6 Å². The van der Waals surface area contributed by atoms with Crippen molar-refractivity contribution in [2.24, 2.45) is 4.99 Å². The summed E-state index contributed by atoms with van der Waals surface area (Å²) in [4.78, 5) is 43.1. The molecule has 41 heavy (non-hydrogen) atoms. The molecule has 0 saturated carbocycles. The number of hydrogen-bond acceptors (Lipinski definition) is 10. The molecule has 2 aromatic carbocycles. The van der Waals surface area contributed by atoms with Crippen molar-refractivity contribution in [1.82, 2.24) is 4.57 Å². The third-order valence-corrected chi connectivity index (χ3v) is 7.54. The van der Waals surface area contributed by atoms with Crippen molar-refractivity contribution in [3.05, 3.63) is 102 Å². The number of aromatic carboxylic acids is 1. The van der Waals surface area contributed by atoms with E-state index in [4.69, 9.17) is 18.6 Å². The number of rotatable bonds is 8. The Morgan fingerprint density at radius 3 is 2.51 bits per heavy atom. The van der Waals surface area contributed by atoms with E-state index in [2.05, 4.69) is 4.99 Å². The first kappa shape index (κ1) is 27.7. The third-order valence-electron chi connectivity index (χ3n) is 6.56. The molecule has 0 spiro atoms. The first-order valence-corrected chi connectivity index (χ1v) is 13.4. The predicted octanol–water partition coefficient (Wildman–Crippen LogP) is 2.44. The molecule has 1 aliphatic heterocycles. The number of benzene rings is 2. The molecule has 210 valence electrons. The van der Waals surface area contributed by atoms with Gasteiger partial charge in [0.25, 0.3) is 5.56 Å². The maximum atomic E-state index is 13.9. The first-order valence-electron chi connectivity index (χ1n) is 12.6. The number of fused-ring (bicyclic) bond motifs is 1. The van der Waals surface area contributed by atoms with Crippen molar-refractivity contribution >= 4 is 29.4 Å². The molecule has 1 aliphatic rings. The van der Waals surface area contributed by atoms with E-state index in [1.807, 2.05) is 0 Å². The fraction of sp³-hybridized carbons (Fsp3) is 0.200. The van der Waals surface area contributed by atoms with Crippen LogP contribution in [0.15, 0.2) is 80.1 Å². The van der Waals surface area contributed by atoms with E-state index in [1.165, 1.54) is 30.9 Å². The van der Waals surface area contributed by atoms with Crippen molar-refractivity contribution in [3.63, 3.8) is 0 Å². The Hall–Kier alpha value is -4.90. The van der Waals surface area contributed by atoms with Crippen LogP contribution >= 0.6 is 11.3 Å². The molecule has 0 saturated heterocycles. The topological polar surface area (TPSA) is 132 Å². The highest BCUT2D eigenvalue weighted by Crippen LogP contribution is 2.37. The summed E-state index contributed by atoms with van der Waals surface area (Å²) in [5.74, 6) is 0.0506. The molecule has 4 aromatic rings. The predicted molar refractivity (Wildman–Crippen MR) is 148 cm³/mol. The standard InChI is InChI=1S/C30H26N2O8S/c1-5-39-29(36)25-16(2)31-30-32(26(25)21-12-10-19(37-3)14-23(21)38-4)27(33)24(41-30)15-20-11-13-22(40-20)17-6-8-18(9-7-17)28(34)35/h6-15,26H,5H2,1-4H3,(H,34,35)/p-1/b24-15+/t26-/m1/s1. The number of esters is 1. The molecule has 2 aromatic heterocycles. The third kappa shape index (κ3) is 5.19. The van der Waals surface area contributed by atoms with Crippen LogP contribution in [0.5, 0.6) is 11.5 Å². The molecule has 5 rings (SSSR count). The van der Waals surface area contributed by atoms with Gasteiger partial charge in [0.2, 0.25) is 0 Å². The largest absolute Gasteiger partial charge is 0.545 e. The van der Waals surface area contributed by atoms with Crippen LogP contribution in [-0.2, 0) is 9.53 Å². The molecule has 10 nitrogen and oxygen atoms in total. The maximum absolute atomic E-state index is 13.9. The lowest BCUT2D eigenvalue weighted by atomic mass is 9.95. The van der Waals surface area contributed by atoms with Crippen molar-refractivity contribution < 1.29 is 33.3 Å². The number of carboxylic acids is 1. The number of methoxy groups -OCH3 is 2. The zero-order valence-corrected chi connectivity index (χ0v) is 23.4. The molecule has 0 fully saturated rings. The van der Waals surface area contributed by atoms with E-state index in [9.17, 15) is 19.5 Å². The second-order valence-electron chi connectivity index (χ2n) is 8.98. The number of hydrogen-bond donors (Lipinski definition) is 0. The minimum absolute atomic E-state index is 0.0576. The van der Waals surface area contributed by atoms with Crippen molar-refractivity contribution in [2.75, 3.05) is 20.8 Å². The van der Waals surface area contributed by atoms with Gasteiger partial charge in [-0.25, -0.2) is 9.79 Å². The summed E-state index contributed by atoms with van der Waals surface area (Å²) in [6, 6.07) is 13.8. The van der Waals surface area contributed by atoms with Crippen molar-refractivity contribution in [3.8, 4) is 22.8 Å². The van der Waals surface area contributed by atoms with Crippen LogP contribution in [0.1, 0.15) is 41.6 Å². The quantitative estimate of drug-likeness (QED) is 0.294. The lowest BCUT2D eigenvalue weighted by molar-refractivity contribution is -0.255. The Kier molecular flexibility index (Phi) is 7.62. The number of allylic oxidation sites excluding steroid dienone is 1. The van der Waals surface area contributed by atoms with Gasteiger partial charge in [-0.1, -0.05) is 35.6 Å². The molecule has 0 amide bonds. The smallest absolute Gasteiger partial charge is 0.338 e. The average molecular weight is 574 g/mol. The minimum atomic E-state index is -1.26. The molecular weight excluding hydrogens is 548 g/mol. The summed E-state index contributed by atoms with van der Waals surface area (Å²) in [6.07, 6.45) is 1.61. The van der Waals surface area contributed by atoms with E-state index in [0.717, 1.165) is 11.3 Å². The number of nitrogens with zero attached hydrogens (tertiary/aromatic N) is 2. The summed E-state index contributed by atoms with van der Waals surface area (Å²) in [5.41, 5.74) is 1.58. The Morgan fingerprint density at radius 2 is 1.85 bits per heavy atom. The van der Waals surface area contributed by atoms with Crippen LogP contribution in [0.4, 0.5) is 0 Å². The first-order chi connectivity index (χ1) is 19.7. The lowest BCUT2D eigenvalue weighted by Crippen LogP contribution is -2.40. The van der Waals surface area contributed by atoms with Gasteiger partial charge in [-0.2, -0.15) is 0 Å². The molecule has 0 bridgehead atoms. The number of carbonyl (C=O) groups excluding carboxylic acids is 2. The average Bonchev–Trinajstić information content (AvgIpc) is 3.56. The van der Waals surface area contributed by atoms with Gasteiger partial charge in [-0.15, -0.1) is 0 Å². The van der Waals surface area contributed by atoms with E-state index in [-0.39, 0.29) is 23.3 Å². The van der Waals surface area contributed by atoms with Gasteiger partial charge in [0, 0.05) is 23.3 Å². The second-order valence-corrected chi connectivity index (χ2v) is 9.99. The van der Waals surface area contributed by atoms with E-state index >= 15 is 0 Å². The van der Waals surface area contributed by atoms with Crippen LogP contribution in [-0.4, -0.2) is 37.3 Å². The molecular formula is C30H25N2O8S-. The van der Waals surface area contributed by atoms with Gasteiger partial charge in [-0.3, -0.25) is 9.36 Å². The second kappa shape index (κ2) is 11.3. The van der Waals surface area contributed by atoms with Crippen LogP contribution in [0.2, 0.25) is 0 Å². The van der Waals surface area contributed by atoms with E-state index < -0.39 is 18.0 Å². The highest BCUT2D eigenvalue weighted by Gasteiger charge is 2.35. The zero-order chi connectivity index (χ0) is 29.3. The van der Waals surface area contributed by atoms with Crippen LogP contribution in [0.3, 0.4) is 0 Å². The highest BCUT2D eigenvalue weighted by atomic mass is 32.1. The number of carboxylic acid groups (broad SMARTS) is 1. The molecule has 1 atom stereocenters. The number of thiazole rings is 1. The lowest BCUT2D eigenvalue weighted by Gasteiger charge is -2.26. The number of carbonyl (C=O) groups is 2. The van der Waals surface area contributed by atoms with Gasteiger partial charge in [0.1, 0.15) is 29.1 Å². The summed E-state index contributed by atoms with van der Waals surface area (Å²) < 4.78 is 24.1. The van der Waals surface area contributed by atoms with Crippen molar-refractivity contribution in [1.29, 1.82) is 0 Å². The molecule has 0 unspecified atom stereocenters. The Labute approximate surface area is 238 Å². The van der Waals surface area contributed by atoms with Crippen LogP contribution in [0.25, 0.3) is 17.4 Å². The Balaban J connectivity index is 1.63. The zero-order valence-electron chi connectivity index (χ0n) is 22.6. The molecule has 0 N–H and O–H groups in total. The summed E-state index contributed by atoms with van der Waals surface area (Å²) in [6.45, 7) is 3.57. The van der Waals surface area contributed by atoms with Gasteiger partial charge < -0.3 is 28.5 Å². The summed E-state index contributed by atoms with van der Waals surface area (Å²) in [7, 11) is 3.04. The number of ether oxygens (including phenoxy) is 3. The van der Waals surface area contributed by atoms with E-state index in [0.29, 0.717) is 49.2 Å². The molecule has 0 radical (unpaired) electrons. The fourth-order valence-electron chi connectivity index (χ4n) is 4.62. The maximum Gasteiger partial charge on any atom is 0.338 e. The van der Waals surface area contributed by atoms with Crippen LogP contribution < -0.4 is 29.5 Å². The van der Waals surface area contributed by atoms with Crippen LogP contribution in [0, 0.1) is 0 Å². The van der Waals surface area contributed by atoms with Gasteiger partial charge >= 0.3 is 5.97 Å². The SMILES string of the molecule is CCOC(=O)C1=C(C)N=c2s/c(=C/c3ccc(-c4ccc(C(=O)[O-])cc4)o3)c(=O)n2[C@@H]1c1ccc(OC)cc1OC. The van der Waals surface area contributed by atoms with Crippen molar-refractivity contribution in [2.45, 2.75) is 19.9 Å².